The Morgan fingerprint density at radius 1 is 1.19 bits per heavy atom. The fraction of sp³-hybridized carbons (Fsp3) is 0.238. The van der Waals surface area contributed by atoms with Crippen molar-refractivity contribution < 1.29 is 13.7 Å². The number of nitrogens with zero attached hydrogens (tertiary/aromatic N) is 1. The van der Waals surface area contributed by atoms with Crippen molar-refractivity contribution in [3.63, 3.8) is 0 Å². The molecule has 26 heavy (non-hydrogen) atoms. The van der Waals surface area contributed by atoms with E-state index in [-0.39, 0.29) is 11.6 Å². The van der Waals surface area contributed by atoms with Crippen LogP contribution in [0, 0.1) is 5.82 Å². The molecule has 1 aliphatic rings. The third-order valence-corrected chi connectivity index (χ3v) is 5.54. The quantitative estimate of drug-likeness (QED) is 0.442. The van der Waals surface area contributed by atoms with Crippen molar-refractivity contribution in [2.45, 2.75) is 30.1 Å². The van der Waals surface area contributed by atoms with Crippen LogP contribution in [0.2, 0.25) is 0 Å². The van der Waals surface area contributed by atoms with Gasteiger partial charge >= 0.3 is 0 Å². The highest BCUT2D eigenvalue weighted by atomic mass is 32.2. The minimum atomic E-state index is -0.247. The van der Waals surface area contributed by atoms with Gasteiger partial charge in [0, 0.05) is 28.4 Å². The summed E-state index contributed by atoms with van der Waals surface area (Å²) in [4.78, 5) is 14.0. The largest absolute Gasteiger partial charge is 0.360 e. The molecule has 0 spiro atoms. The molecule has 0 aliphatic heterocycles. The van der Waals surface area contributed by atoms with E-state index in [2.05, 4.69) is 5.16 Å². The van der Waals surface area contributed by atoms with Crippen molar-refractivity contribution in [1.29, 1.82) is 0 Å². The summed E-state index contributed by atoms with van der Waals surface area (Å²) in [6, 6.07) is 12.5. The van der Waals surface area contributed by atoms with Gasteiger partial charge < -0.3 is 4.52 Å². The summed E-state index contributed by atoms with van der Waals surface area (Å²) in [6.07, 6.45) is 5.86. The van der Waals surface area contributed by atoms with Crippen LogP contribution in [0.1, 0.15) is 51.6 Å². The Morgan fingerprint density at radius 2 is 2.00 bits per heavy atom. The number of rotatable bonds is 6. The molecule has 3 aromatic rings. The average Bonchev–Trinajstić information content (AvgIpc) is 3.39. The fourth-order valence-electron chi connectivity index (χ4n) is 3.19. The van der Waals surface area contributed by atoms with Crippen LogP contribution in [0.5, 0.6) is 0 Å². The lowest BCUT2D eigenvalue weighted by molar-refractivity contribution is 0.103. The van der Waals surface area contributed by atoms with Gasteiger partial charge in [0.2, 0.25) is 0 Å². The summed E-state index contributed by atoms with van der Waals surface area (Å²) in [5.41, 5.74) is 2.53. The number of carbonyl (C=O) groups is 1. The first kappa shape index (κ1) is 17.0. The first-order valence-corrected chi connectivity index (χ1v) is 9.80. The molecule has 0 saturated heterocycles. The number of aromatic nitrogens is 1. The maximum absolute atomic E-state index is 14.4. The summed E-state index contributed by atoms with van der Waals surface area (Å²) >= 11 is 1.51. The molecule has 0 N–H and O–H groups in total. The number of halogens is 1. The molecule has 0 unspecified atom stereocenters. The zero-order chi connectivity index (χ0) is 18.1. The highest BCUT2D eigenvalue weighted by molar-refractivity contribution is 7.98. The lowest BCUT2D eigenvalue weighted by Gasteiger charge is -2.12. The van der Waals surface area contributed by atoms with Crippen LogP contribution in [0.3, 0.4) is 0 Å². The zero-order valence-electron chi connectivity index (χ0n) is 14.4. The molecular formula is C21H18FNO2S. The van der Waals surface area contributed by atoms with E-state index >= 15 is 0 Å². The van der Waals surface area contributed by atoms with E-state index in [0.29, 0.717) is 34.8 Å². The van der Waals surface area contributed by atoms with E-state index in [1.807, 2.05) is 30.5 Å². The smallest absolute Gasteiger partial charge is 0.198 e. The van der Waals surface area contributed by atoms with Crippen molar-refractivity contribution in [3.05, 3.63) is 82.5 Å². The van der Waals surface area contributed by atoms with Gasteiger partial charge in [-0.1, -0.05) is 35.5 Å². The molecule has 1 aliphatic carbocycles. The number of carbonyl (C=O) groups excluding carboxylic acids is 1. The Morgan fingerprint density at radius 3 is 2.77 bits per heavy atom. The lowest BCUT2D eigenvalue weighted by Crippen LogP contribution is -2.08. The van der Waals surface area contributed by atoms with Gasteiger partial charge in [0.25, 0.3) is 0 Å². The Labute approximate surface area is 155 Å². The summed E-state index contributed by atoms with van der Waals surface area (Å²) in [5.74, 6) is 0.632. The number of ketones is 1. The summed E-state index contributed by atoms with van der Waals surface area (Å²) in [5, 5.41) is 3.83. The average molecular weight is 367 g/mol. The van der Waals surface area contributed by atoms with E-state index in [1.54, 1.807) is 12.1 Å². The molecule has 0 radical (unpaired) electrons. The third kappa shape index (κ3) is 3.19. The summed E-state index contributed by atoms with van der Waals surface area (Å²) in [7, 11) is 0. The standard InChI is InChI=1S/C21H18FNO2S/c1-26-19-8-4-7-18(22)16(19)11-14-5-2-3-6-15(14)20(24)17-12-23-25-21(17)13-9-10-13/h2-8,12-13H,9-11H2,1H3. The van der Waals surface area contributed by atoms with Gasteiger partial charge in [-0.15, -0.1) is 11.8 Å². The molecule has 0 amide bonds. The maximum Gasteiger partial charge on any atom is 0.198 e. The van der Waals surface area contributed by atoms with Crippen molar-refractivity contribution in [3.8, 4) is 0 Å². The fourth-order valence-corrected chi connectivity index (χ4v) is 3.82. The lowest BCUT2D eigenvalue weighted by atomic mass is 9.94. The van der Waals surface area contributed by atoms with Gasteiger partial charge in [0.05, 0.1) is 11.8 Å². The maximum atomic E-state index is 14.4. The molecule has 1 fully saturated rings. The van der Waals surface area contributed by atoms with E-state index in [4.69, 9.17) is 4.52 Å². The SMILES string of the molecule is CSc1cccc(F)c1Cc1ccccc1C(=O)c1cnoc1C1CC1. The van der Waals surface area contributed by atoms with Gasteiger partial charge in [0.1, 0.15) is 5.82 Å². The van der Waals surface area contributed by atoms with Crippen LogP contribution in [0.25, 0.3) is 0 Å². The molecule has 1 heterocycles. The number of hydrogen-bond donors (Lipinski definition) is 0. The Bertz CT molecular complexity index is 962. The predicted molar refractivity (Wildman–Crippen MR) is 99.3 cm³/mol. The number of benzene rings is 2. The second-order valence-electron chi connectivity index (χ2n) is 6.46. The molecular weight excluding hydrogens is 349 g/mol. The molecule has 3 nitrogen and oxygen atoms in total. The Hall–Kier alpha value is -2.40. The van der Waals surface area contributed by atoms with E-state index in [1.165, 1.54) is 24.0 Å². The van der Waals surface area contributed by atoms with Crippen molar-refractivity contribution in [2.75, 3.05) is 6.26 Å². The minimum absolute atomic E-state index is 0.106. The number of hydrogen-bond acceptors (Lipinski definition) is 4. The molecule has 1 aromatic heterocycles. The highest BCUT2D eigenvalue weighted by Gasteiger charge is 2.33. The van der Waals surface area contributed by atoms with Crippen LogP contribution < -0.4 is 0 Å². The van der Waals surface area contributed by atoms with Gasteiger partial charge in [-0.05, 0) is 36.8 Å². The van der Waals surface area contributed by atoms with Crippen LogP contribution in [-0.4, -0.2) is 17.2 Å². The van der Waals surface area contributed by atoms with Gasteiger partial charge in [-0.3, -0.25) is 4.79 Å². The second kappa shape index (κ2) is 7.08. The van der Waals surface area contributed by atoms with Crippen LogP contribution >= 0.6 is 11.8 Å². The highest BCUT2D eigenvalue weighted by Crippen LogP contribution is 2.42. The second-order valence-corrected chi connectivity index (χ2v) is 7.31. The zero-order valence-corrected chi connectivity index (χ0v) is 15.2. The molecule has 132 valence electrons. The van der Waals surface area contributed by atoms with Crippen LogP contribution in [0.15, 0.2) is 58.1 Å². The molecule has 0 bridgehead atoms. The minimum Gasteiger partial charge on any atom is -0.360 e. The van der Waals surface area contributed by atoms with Crippen LogP contribution in [0.4, 0.5) is 4.39 Å². The molecule has 0 atom stereocenters. The van der Waals surface area contributed by atoms with Gasteiger partial charge in [-0.2, -0.15) is 0 Å². The predicted octanol–water partition coefficient (Wildman–Crippen LogP) is 5.23. The Kier molecular flexibility index (Phi) is 4.64. The normalized spacial score (nSPS) is 13.8. The van der Waals surface area contributed by atoms with Crippen molar-refractivity contribution in [2.24, 2.45) is 0 Å². The first-order valence-electron chi connectivity index (χ1n) is 8.57. The van der Waals surface area contributed by atoms with E-state index < -0.39 is 0 Å². The van der Waals surface area contributed by atoms with E-state index in [0.717, 1.165) is 23.3 Å². The molecule has 2 aromatic carbocycles. The van der Waals surface area contributed by atoms with Gasteiger partial charge in [0.15, 0.2) is 11.5 Å². The third-order valence-electron chi connectivity index (χ3n) is 4.72. The van der Waals surface area contributed by atoms with Crippen LogP contribution in [-0.2, 0) is 6.42 Å². The summed E-state index contributed by atoms with van der Waals surface area (Å²) < 4.78 is 19.7. The Balaban J connectivity index is 1.72. The number of thioether (sulfide) groups is 1. The molecule has 5 heteroatoms. The first-order chi connectivity index (χ1) is 12.7. The molecule has 1 saturated carbocycles. The summed E-state index contributed by atoms with van der Waals surface area (Å²) in [6.45, 7) is 0. The van der Waals surface area contributed by atoms with E-state index in [9.17, 15) is 9.18 Å². The van der Waals surface area contributed by atoms with Crippen molar-refractivity contribution in [1.82, 2.24) is 5.16 Å². The topological polar surface area (TPSA) is 43.1 Å². The monoisotopic (exact) mass is 367 g/mol. The van der Waals surface area contributed by atoms with Gasteiger partial charge in [-0.25, -0.2) is 4.39 Å². The van der Waals surface area contributed by atoms with Crippen molar-refractivity contribution >= 4 is 17.5 Å². The molecule has 4 rings (SSSR count).